The Morgan fingerprint density at radius 3 is 1.57 bits per heavy atom. The fourth-order valence-electron chi connectivity index (χ4n) is 4.61. The Bertz CT molecular complexity index is 1420. The minimum atomic E-state index is -3.49. The van der Waals surface area contributed by atoms with Crippen molar-refractivity contribution in [2.24, 2.45) is 16.8 Å². The summed E-state index contributed by atoms with van der Waals surface area (Å²) in [6.45, 7) is -0.260. The molecule has 0 spiro atoms. The minimum absolute atomic E-state index is 0.112. The van der Waals surface area contributed by atoms with Crippen LogP contribution in [0.3, 0.4) is 0 Å². The first-order valence-electron chi connectivity index (χ1n) is 12.9. The largest absolute Gasteiger partial charge is 0.460 e. The van der Waals surface area contributed by atoms with Crippen LogP contribution in [0.5, 0.6) is 0 Å². The zero-order valence-electron chi connectivity index (χ0n) is 21.5. The van der Waals surface area contributed by atoms with E-state index in [1.165, 1.54) is 0 Å². The Hall–Kier alpha value is -4.65. The van der Waals surface area contributed by atoms with Crippen molar-refractivity contribution in [3.05, 3.63) is 144 Å². The molecule has 0 N–H and O–H groups in total. The molecule has 0 heterocycles. The number of carbonyl (C=O) groups excluding carboxylic acids is 2. The van der Waals surface area contributed by atoms with Gasteiger partial charge >= 0.3 is 11.9 Å². The summed E-state index contributed by atoms with van der Waals surface area (Å²) in [5, 5.41) is 0. The first-order valence-corrected chi connectivity index (χ1v) is 12.9. The molecule has 1 aliphatic rings. The molecule has 0 aliphatic heterocycles. The average molecular weight is 540 g/mol. The molecular weight excluding hydrogens is 512 g/mol. The zero-order chi connectivity index (χ0) is 28.0. The molecule has 0 aromatic heterocycles. The van der Waals surface area contributed by atoms with Gasteiger partial charge in [0, 0.05) is 11.1 Å². The number of rotatable bonds is 10. The maximum Gasteiger partial charge on any atom is 0.331 e. The fourth-order valence-corrected chi connectivity index (χ4v) is 4.61. The highest BCUT2D eigenvalue weighted by molar-refractivity contribution is 6.13. The Kier molecular flexibility index (Phi) is 8.10. The molecule has 202 valence electrons. The normalized spacial score (nSPS) is 17.8. The van der Waals surface area contributed by atoms with Crippen molar-refractivity contribution >= 4 is 17.7 Å². The molecule has 1 aliphatic carbocycles. The lowest BCUT2D eigenvalue weighted by molar-refractivity contribution is -0.149. The molecule has 5 rings (SSSR count). The first kappa shape index (κ1) is 26.9. The average Bonchev–Trinajstić information content (AvgIpc) is 3.58. The molecule has 3 unspecified atom stereocenters. The number of aliphatic imine (C=N–C) groups is 1. The molecule has 5 nitrogen and oxygen atoms in total. The van der Waals surface area contributed by atoms with E-state index in [4.69, 9.17) is 9.47 Å². The van der Waals surface area contributed by atoms with Gasteiger partial charge in [-0.25, -0.2) is 13.6 Å². The fraction of sp³-hybridized carbons (Fsp3) is 0.182. The predicted molar refractivity (Wildman–Crippen MR) is 147 cm³/mol. The van der Waals surface area contributed by atoms with Gasteiger partial charge in [-0.3, -0.25) is 9.79 Å². The van der Waals surface area contributed by atoms with E-state index in [0.717, 1.165) is 0 Å². The third-order valence-electron chi connectivity index (χ3n) is 6.76. The summed E-state index contributed by atoms with van der Waals surface area (Å²) >= 11 is 0. The number of hydrogen-bond acceptors (Lipinski definition) is 5. The van der Waals surface area contributed by atoms with Crippen molar-refractivity contribution in [2.45, 2.75) is 25.2 Å². The van der Waals surface area contributed by atoms with Gasteiger partial charge < -0.3 is 9.47 Å². The zero-order valence-corrected chi connectivity index (χ0v) is 21.5. The highest BCUT2D eigenvalue weighted by Crippen LogP contribution is 2.58. The molecule has 4 aromatic carbocycles. The highest BCUT2D eigenvalue weighted by atomic mass is 19.3. The summed E-state index contributed by atoms with van der Waals surface area (Å²) < 4.78 is 41.3. The van der Waals surface area contributed by atoms with E-state index >= 15 is 8.78 Å². The van der Waals surface area contributed by atoms with Crippen LogP contribution >= 0.6 is 0 Å². The molecule has 3 atom stereocenters. The predicted octanol–water partition coefficient (Wildman–Crippen LogP) is 6.26. The van der Waals surface area contributed by atoms with Gasteiger partial charge in [0.1, 0.15) is 19.1 Å². The number of esters is 2. The first-order chi connectivity index (χ1) is 19.4. The Morgan fingerprint density at radius 1 is 0.675 bits per heavy atom. The third kappa shape index (κ3) is 6.15. The summed E-state index contributed by atoms with van der Waals surface area (Å²) in [4.78, 5) is 30.8. The molecule has 4 aromatic rings. The van der Waals surface area contributed by atoms with Crippen LogP contribution in [0.1, 0.15) is 22.3 Å². The second-order valence-corrected chi connectivity index (χ2v) is 9.52. The van der Waals surface area contributed by atoms with E-state index in [0.29, 0.717) is 28.0 Å². The molecule has 7 heteroatoms. The van der Waals surface area contributed by atoms with Crippen molar-refractivity contribution in [3.8, 4) is 0 Å². The molecule has 0 radical (unpaired) electrons. The van der Waals surface area contributed by atoms with Crippen molar-refractivity contribution in [1.82, 2.24) is 0 Å². The number of halogens is 2. The number of ether oxygens (including phenoxy) is 2. The molecule has 0 saturated heterocycles. The topological polar surface area (TPSA) is 65.0 Å². The summed E-state index contributed by atoms with van der Waals surface area (Å²) in [6, 6.07) is 34.1. The van der Waals surface area contributed by atoms with Crippen LogP contribution in [0.4, 0.5) is 8.78 Å². The van der Waals surface area contributed by atoms with Gasteiger partial charge in [-0.15, -0.1) is 0 Å². The van der Waals surface area contributed by atoms with Gasteiger partial charge in [0.25, 0.3) is 5.92 Å². The van der Waals surface area contributed by atoms with E-state index in [1.807, 2.05) is 18.2 Å². The number of benzene rings is 4. The number of alkyl halides is 2. The lowest BCUT2D eigenvalue weighted by Crippen LogP contribution is -2.28. The summed E-state index contributed by atoms with van der Waals surface area (Å²) in [7, 11) is 0. The minimum Gasteiger partial charge on any atom is -0.460 e. The molecule has 0 amide bonds. The highest BCUT2D eigenvalue weighted by Gasteiger charge is 2.76. The second kappa shape index (κ2) is 12.0. The summed E-state index contributed by atoms with van der Waals surface area (Å²) in [5.41, 5.74) is 3.00. The van der Waals surface area contributed by atoms with E-state index in [1.54, 1.807) is 103 Å². The maximum absolute atomic E-state index is 15.3. The van der Waals surface area contributed by atoms with E-state index in [2.05, 4.69) is 4.99 Å². The van der Waals surface area contributed by atoms with Gasteiger partial charge in [-0.1, -0.05) is 121 Å². The molecule has 1 saturated carbocycles. The van der Waals surface area contributed by atoms with Crippen LogP contribution in [0.25, 0.3) is 0 Å². The lowest BCUT2D eigenvalue weighted by atomic mass is 10.0. The van der Waals surface area contributed by atoms with Gasteiger partial charge in [-0.05, 0) is 11.1 Å². The molecule has 0 bridgehead atoms. The number of hydrogen-bond donors (Lipinski definition) is 0. The van der Waals surface area contributed by atoms with Gasteiger partial charge in [0.2, 0.25) is 0 Å². The van der Waals surface area contributed by atoms with Gasteiger partial charge in [0.05, 0.1) is 11.6 Å². The Balaban J connectivity index is 1.47. The third-order valence-corrected chi connectivity index (χ3v) is 6.76. The lowest BCUT2D eigenvalue weighted by Gasteiger charge is -2.16. The molecule has 40 heavy (non-hydrogen) atoms. The quantitative estimate of drug-likeness (QED) is 0.176. The van der Waals surface area contributed by atoms with E-state index < -0.39 is 35.7 Å². The number of carbonyl (C=O) groups is 2. The van der Waals surface area contributed by atoms with Gasteiger partial charge in [0.15, 0.2) is 6.04 Å². The van der Waals surface area contributed by atoms with E-state index in [9.17, 15) is 9.59 Å². The van der Waals surface area contributed by atoms with Crippen LogP contribution in [0, 0.1) is 11.8 Å². The van der Waals surface area contributed by atoms with Crippen molar-refractivity contribution in [2.75, 3.05) is 0 Å². The van der Waals surface area contributed by atoms with Crippen molar-refractivity contribution < 1.29 is 27.8 Å². The monoisotopic (exact) mass is 539 g/mol. The molecule has 1 fully saturated rings. The van der Waals surface area contributed by atoms with Crippen LogP contribution in [-0.4, -0.2) is 29.6 Å². The van der Waals surface area contributed by atoms with E-state index in [-0.39, 0.29) is 13.2 Å². The van der Waals surface area contributed by atoms with Crippen LogP contribution in [-0.2, 0) is 32.3 Å². The SMILES string of the molecule is O=C(OCc1ccccc1)C(N=C(c1ccccc1)c1ccccc1)C1C(C(=O)OCc2ccccc2)C1(F)F. The number of nitrogens with zero attached hydrogens (tertiary/aromatic N) is 1. The standard InChI is InChI=1S/C33H27F2NO4/c34-33(35)27(28(33)31(37)39-21-23-13-5-1-6-14-23)30(32(38)40-22-24-15-7-2-8-16-24)36-29(25-17-9-3-10-18-25)26-19-11-4-12-20-26/h1-20,27-28,30H,21-22H2. The van der Waals surface area contributed by atoms with Crippen LogP contribution in [0.15, 0.2) is 126 Å². The summed E-state index contributed by atoms with van der Waals surface area (Å²) in [6.07, 6.45) is 0. The van der Waals surface area contributed by atoms with Crippen LogP contribution < -0.4 is 0 Å². The van der Waals surface area contributed by atoms with Crippen LogP contribution in [0.2, 0.25) is 0 Å². The second-order valence-electron chi connectivity index (χ2n) is 9.52. The summed E-state index contributed by atoms with van der Waals surface area (Å²) in [5.74, 6) is -9.03. The Morgan fingerprint density at radius 2 is 1.10 bits per heavy atom. The van der Waals surface area contributed by atoms with Crippen molar-refractivity contribution in [1.29, 1.82) is 0 Å². The van der Waals surface area contributed by atoms with Crippen molar-refractivity contribution in [3.63, 3.8) is 0 Å². The Labute approximate surface area is 231 Å². The molecular formula is C33H27F2NO4. The smallest absolute Gasteiger partial charge is 0.331 e. The van der Waals surface area contributed by atoms with Gasteiger partial charge in [-0.2, -0.15) is 0 Å². The maximum atomic E-state index is 15.3.